The molecule has 0 atom stereocenters. The van der Waals surface area contributed by atoms with E-state index in [1.54, 1.807) is 0 Å². The van der Waals surface area contributed by atoms with Gasteiger partial charge < -0.3 is 9.32 Å². The predicted octanol–water partition coefficient (Wildman–Crippen LogP) is 16.0. The summed E-state index contributed by atoms with van der Waals surface area (Å²) in [5.41, 5.74) is 14.2. The van der Waals surface area contributed by atoms with E-state index in [2.05, 4.69) is 217 Å². The molecule has 0 bridgehead atoms. The first-order valence-electron chi connectivity index (χ1n) is 19.8. The van der Waals surface area contributed by atoms with Crippen LogP contribution in [0, 0.1) is 0 Å². The lowest BCUT2D eigenvalue weighted by atomic mass is 9.93. The molecule has 0 N–H and O–H groups in total. The molecule has 0 aliphatic heterocycles. The van der Waals surface area contributed by atoms with Crippen LogP contribution < -0.4 is 4.90 Å². The predicted molar refractivity (Wildman–Crippen MR) is 245 cm³/mol. The molecule has 0 spiro atoms. The fraction of sp³-hybridized carbons (Fsp3) is 0. The van der Waals surface area contributed by atoms with E-state index in [1.807, 2.05) is 12.1 Å². The van der Waals surface area contributed by atoms with E-state index in [1.165, 1.54) is 38.2 Å². The molecule has 0 fully saturated rings. The van der Waals surface area contributed by atoms with Crippen LogP contribution in [0.3, 0.4) is 0 Å². The maximum atomic E-state index is 6.56. The molecule has 0 radical (unpaired) electrons. The van der Waals surface area contributed by atoms with Crippen LogP contribution in [-0.4, -0.2) is 0 Å². The van der Waals surface area contributed by atoms with E-state index >= 15 is 0 Å². The highest BCUT2D eigenvalue weighted by atomic mass is 16.3. The van der Waals surface area contributed by atoms with Crippen molar-refractivity contribution in [3.05, 3.63) is 224 Å². The lowest BCUT2D eigenvalue weighted by molar-refractivity contribution is 0.670. The summed E-state index contributed by atoms with van der Waals surface area (Å²) in [5.74, 6) is 0. The van der Waals surface area contributed by atoms with Gasteiger partial charge >= 0.3 is 0 Å². The molecule has 0 saturated heterocycles. The monoisotopic (exact) mass is 739 g/mol. The minimum atomic E-state index is 0.895. The van der Waals surface area contributed by atoms with Gasteiger partial charge in [-0.2, -0.15) is 0 Å². The summed E-state index contributed by atoms with van der Waals surface area (Å²) in [6.07, 6.45) is 0. The van der Waals surface area contributed by atoms with Gasteiger partial charge in [0.15, 0.2) is 0 Å². The summed E-state index contributed by atoms with van der Waals surface area (Å²) in [7, 11) is 0. The Morgan fingerprint density at radius 3 is 1.57 bits per heavy atom. The van der Waals surface area contributed by atoms with Crippen LogP contribution in [0.15, 0.2) is 229 Å². The number of rotatable bonds is 7. The van der Waals surface area contributed by atoms with Crippen LogP contribution >= 0.6 is 0 Å². The summed E-state index contributed by atoms with van der Waals surface area (Å²) in [5, 5.41) is 7.18. The molecule has 2 nitrogen and oxygen atoms in total. The van der Waals surface area contributed by atoms with Crippen LogP contribution in [0.25, 0.3) is 88.0 Å². The third-order valence-corrected chi connectivity index (χ3v) is 11.5. The number of nitrogens with zero attached hydrogens (tertiary/aromatic N) is 1. The number of para-hydroxylation sites is 2. The smallest absolute Gasteiger partial charge is 0.143 e. The molecular weight excluding hydrogens is 703 g/mol. The molecular formula is C56H37NO. The number of furan rings is 1. The van der Waals surface area contributed by atoms with Crippen molar-refractivity contribution in [2.75, 3.05) is 4.90 Å². The topological polar surface area (TPSA) is 16.4 Å². The largest absolute Gasteiger partial charge is 0.455 e. The molecule has 272 valence electrons. The average molecular weight is 740 g/mol. The summed E-state index contributed by atoms with van der Waals surface area (Å²) in [6.45, 7) is 0. The second-order valence-electron chi connectivity index (χ2n) is 14.9. The first-order valence-corrected chi connectivity index (χ1v) is 19.8. The summed E-state index contributed by atoms with van der Waals surface area (Å²) >= 11 is 0. The molecule has 0 aliphatic rings. The molecule has 2 heteroatoms. The molecule has 58 heavy (non-hydrogen) atoms. The molecule has 11 aromatic rings. The van der Waals surface area contributed by atoms with Crippen LogP contribution in [0.1, 0.15) is 0 Å². The second-order valence-corrected chi connectivity index (χ2v) is 14.9. The third kappa shape index (κ3) is 5.82. The highest BCUT2D eigenvalue weighted by Crippen LogP contribution is 2.46. The molecule has 0 saturated carbocycles. The van der Waals surface area contributed by atoms with Gasteiger partial charge in [0, 0.05) is 33.3 Å². The maximum absolute atomic E-state index is 6.56. The van der Waals surface area contributed by atoms with Gasteiger partial charge in [-0.1, -0.05) is 188 Å². The van der Waals surface area contributed by atoms with Gasteiger partial charge in [-0.15, -0.1) is 0 Å². The van der Waals surface area contributed by atoms with E-state index in [-0.39, 0.29) is 0 Å². The second kappa shape index (κ2) is 14.1. The lowest BCUT2D eigenvalue weighted by Gasteiger charge is -2.29. The Morgan fingerprint density at radius 2 is 0.810 bits per heavy atom. The number of fused-ring (bicyclic) bond motifs is 5. The summed E-state index contributed by atoms with van der Waals surface area (Å²) in [4.78, 5) is 2.42. The van der Waals surface area contributed by atoms with Crippen molar-refractivity contribution in [3.63, 3.8) is 0 Å². The zero-order chi connectivity index (χ0) is 38.4. The third-order valence-electron chi connectivity index (χ3n) is 11.5. The molecule has 0 unspecified atom stereocenters. The van der Waals surface area contributed by atoms with Gasteiger partial charge in [0.05, 0.1) is 5.69 Å². The van der Waals surface area contributed by atoms with Gasteiger partial charge in [0.1, 0.15) is 11.2 Å². The zero-order valence-corrected chi connectivity index (χ0v) is 31.7. The van der Waals surface area contributed by atoms with Crippen molar-refractivity contribution in [3.8, 4) is 44.5 Å². The Labute approximate surface area is 337 Å². The Bertz CT molecular complexity index is 3270. The lowest BCUT2D eigenvalue weighted by Crippen LogP contribution is -2.11. The van der Waals surface area contributed by atoms with E-state index in [0.29, 0.717) is 0 Å². The van der Waals surface area contributed by atoms with Gasteiger partial charge in [0.25, 0.3) is 0 Å². The number of benzene rings is 10. The van der Waals surface area contributed by atoms with Crippen LogP contribution in [0.5, 0.6) is 0 Å². The summed E-state index contributed by atoms with van der Waals surface area (Å²) < 4.78 is 6.56. The standard InChI is InChI=1S/C56H37NO/c1-2-14-40(15-3-1)50-35-32-43(49-26-12-19-39-17-5-7-23-47(39)49)37-54(50)57(44-33-30-41(31-34-44)48-25-11-18-38-16-4-6-22-46(38)48)45-21-10-20-42(36-45)51-27-13-28-53-52-24-8-9-29-55(52)58-56(51)53/h1-37H. The van der Waals surface area contributed by atoms with Crippen molar-refractivity contribution in [2.24, 2.45) is 0 Å². The zero-order valence-electron chi connectivity index (χ0n) is 31.7. The van der Waals surface area contributed by atoms with E-state index < -0.39 is 0 Å². The highest BCUT2D eigenvalue weighted by Gasteiger charge is 2.21. The van der Waals surface area contributed by atoms with Crippen molar-refractivity contribution >= 4 is 60.5 Å². The molecule has 0 aliphatic carbocycles. The van der Waals surface area contributed by atoms with Crippen LogP contribution in [0.4, 0.5) is 17.1 Å². The molecule has 10 aromatic carbocycles. The maximum Gasteiger partial charge on any atom is 0.143 e. The van der Waals surface area contributed by atoms with Gasteiger partial charge in [0.2, 0.25) is 0 Å². The first kappa shape index (κ1) is 33.6. The van der Waals surface area contributed by atoms with Crippen LogP contribution in [-0.2, 0) is 0 Å². The minimum Gasteiger partial charge on any atom is -0.455 e. The fourth-order valence-corrected chi connectivity index (χ4v) is 8.70. The quantitative estimate of drug-likeness (QED) is 0.162. The Morgan fingerprint density at radius 1 is 0.293 bits per heavy atom. The Kier molecular flexibility index (Phi) is 8.19. The Balaban J connectivity index is 1.14. The van der Waals surface area contributed by atoms with E-state index in [4.69, 9.17) is 4.42 Å². The molecule has 1 heterocycles. The van der Waals surface area contributed by atoms with Crippen molar-refractivity contribution in [1.82, 2.24) is 0 Å². The van der Waals surface area contributed by atoms with Gasteiger partial charge in [-0.05, 0) is 91.3 Å². The van der Waals surface area contributed by atoms with Crippen molar-refractivity contribution in [1.29, 1.82) is 0 Å². The van der Waals surface area contributed by atoms with E-state index in [9.17, 15) is 0 Å². The van der Waals surface area contributed by atoms with Crippen molar-refractivity contribution < 1.29 is 4.42 Å². The Hall–Kier alpha value is -7.68. The van der Waals surface area contributed by atoms with Gasteiger partial charge in [-0.3, -0.25) is 0 Å². The summed E-state index contributed by atoms with van der Waals surface area (Å²) in [6, 6.07) is 80.8. The van der Waals surface area contributed by atoms with Gasteiger partial charge in [-0.25, -0.2) is 0 Å². The fourth-order valence-electron chi connectivity index (χ4n) is 8.70. The minimum absolute atomic E-state index is 0.895. The normalized spacial score (nSPS) is 11.4. The number of hydrogen-bond donors (Lipinski definition) is 0. The number of hydrogen-bond acceptors (Lipinski definition) is 2. The molecule has 1 aromatic heterocycles. The van der Waals surface area contributed by atoms with Crippen molar-refractivity contribution in [2.45, 2.75) is 0 Å². The highest BCUT2D eigenvalue weighted by molar-refractivity contribution is 6.10. The average Bonchev–Trinajstić information content (AvgIpc) is 3.68. The SMILES string of the molecule is c1ccc(-c2ccc(-c3cccc4ccccc34)cc2N(c2ccc(-c3cccc4ccccc34)cc2)c2cccc(-c3cccc4c3oc3ccccc34)c2)cc1. The van der Waals surface area contributed by atoms with E-state index in [0.717, 1.165) is 66.8 Å². The molecule has 11 rings (SSSR count). The number of anilines is 3. The van der Waals surface area contributed by atoms with Crippen LogP contribution in [0.2, 0.25) is 0 Å². The first-order chi connectivity index (χ1) is 28.8. The molecule has 0 amide bonds.